The number of carbonyl (C=O) groups is 2. The predicted octanol–water partition coefficient (Wildman–Crippen LogP) is 1.85. The molecule has 0 heterocycles. The standard InChI is InChI=1S/C14H17F2NO4/c1-2-21-10-5-3-9(4-6-10)7-13(18)17-11(14(19)20)8-12(15)16/h3-6,11-12H,2,7-8H2,1H3,(H,17,18)(H,19,20). The Morgan fingerprint density at radius 2 is 1.90 bits per heavy atom. The Bertz CT molecular complexity index is 476. The molecule has 0 aliphatic rings. The van der Waals surface area contributed by atoms with Crippen LogP contribution in [0.4, 0.5) is 8.78 Å². The molecule has 1 unspecified atom stereocenters. The number of alkyl halides is 2. The Balaban J connectivity index is 2.57. The maximum atomic E-state index is 12.2. The van der Waals surface area contributed by atoms with Crippen LogP contribution in [0.15, 0.2) is 24.3 Å². The summed E-state index contributed by atoms with van der Waals surface area (Å²) < 4.78 is 29.7. The number of ether oxygens (including phenoxy) is 1. The summed E-state index contributed by atoms with van der Waals surface area (Å²) in [6.45, 7) is 2.37. The minimum absolute atomic E-state index is 0.0839. The molecule has 1 amide bonds. The molecule has 0 radical (unpaired) electrons. The lowest BCUT2D eigenvalue weighted by molar-refractivity contribution is -0.142. The number of hydrogen-bond acceptors (Lipinski definition) is 3. The second kappa shape index (κ2) is 8.18. The zero-order chi connectivity index (χ0) is 15.8. The Hall–Kier alpha value is -2.18. The summed E-state index contributed by atoms with van der Waals surface area (Å²) in [6, 6.07) is 5.10. The maximum Gasteiger partial charge on any atom is 0.326 e. The van der Waals surface area contributed by atoms with Crippen LogP contribution >= 0.6 is 0 Å². The molecule has 0 aromatic heterocycles. The van der Waals surface area contributed by atoms with Gasteiger partial charge in [-0.15, -0.1) is 0 Å². The number of aliphatic carboxylic acids is 1. The van der Waals surface area contributed by atoms with Crippen molar-refractivity contribution in [3.8, 4) is 5.75 Å². The highest BCUT2D eigenvalue weighted by Gasteiger charge is 2.23. The van der Waals surface area contributed by atoms with Crippen molar-refractivity contribution in [2.75, 3.05) is 6.61 Å². The van der Waals surface area contributed by atoms with Gasteiger partial charge in [0.1, 0.15) is 11.8 Å². The molecular weight excluding hydrogens is 284 g/mol. The van der Waals surface area contributed by atoms with Gasteiger partial charge in [-0.25, -0.2) is 13.6 Å². The van der Waals surface area contributed by atoms with Crippen LogP contribution in [0.3, 0.4) is 0 Å². The normalized spacial score (nSPS) is 12.0. The van der Waals surface area contributed by atoms with Crippen molar-refractivity contribution in [2.45, 2.75) is 32.2 Å². The number of carbonyl (C=O) groups excluding carboxylic acids is 1. The highest BCUT2D eigenvalue weighted by molar-refractivity contribution is 5.84. The first-order valence-corrected chi connectivity index (χ1v) is 6.44. The molecule has 0 spiro atoms. The summed E-state index contributed by atoms with van der Waals surface area (Å²) in [5, 5.41) is 10.9. The Kier molecular flexibility index (Phi) is 6.58. The molecule has 7 heteroatoms. The maximum absolute atomic E-state index is 12.2. The van der Waals surface area contributed by atoms with E-state index in [1.165, 1.54) is 0 Å². The van der Waals surface area contributed by atoms with Crippen molar-refractivity contribution in [1.82, 2.24) is 5.32 Å². The highest BCUT2D eigenvalue weighted by atomic mass is 19.3. The first-order chi connectivity index (χ1) is 9.92. The molecule has 1 aromatic rings. The Morgan fingerprint density at radius 3 is 2.38 bits per heavy atom. The lowest BCUT2D eigenvalue weighted by atomic mass is 10.1. The predicted molar refractivity (Wildman–Crippen MR) is 71.5 cm³/mol. The summed E-state index contributed by atoms with van der Waals surface area (Å²) in [7, 11) is 0. The molecule has 21 heavy (non-hydrogen) atoms. The molecule has 0 saturated heterocycles. The van der Waals surface area contributed by atoms with E-state index in [1.54, 1.807) is 24.3 Å². The number of amides is 1. The van der Waals surface area contributed by atoms with Crippen LogP contribution in [0.25, 0.3) is 0 Å². The van der Waals surface area contributed by atoms with E-state index in [-0.39, 0.29) is 6.42 Å². The van der Waals surface area contributed by atoms with Crippen LogP contribution < -0.4 is 10.1 Å². The summed E-state index contributed by atoms with van der Waals surface area (Å²) in [4.78, 5) is 22.4. The Morgan fingerprint density at radius 1 is 1.29 bits per heavy atom. The van der Waals surface area contributed by atoms with Gasteiger partial charge < -0.3 is 15.2 Å². The fraction of sp³-hybridized carbons (Fsp3) is 0.429. The lowest BCUT2D eigenvalue weighted by Gasteiger charge is -2.14. The van der Waals surface area contributed by atoms with E-state index in [2.05, 4.69) is 5.32 Å². The molecule has 0 fully saturated rings. The van der Waals surface area contributed by atoms with Crippen molar-refractivity contribution in [3.63, 3.8) is 0 Å². The van der Waals surface area contributed by atoms with Gasteiger partial charge >= 0.3 is 5.97 Å². The molecule has 5 nitrogen and oxygen atoms in total. The SMILES string of the molecule is CCOc1ccc(CC(=O)NC(CC(F)F)C(=O)O)cc1. The number of rotatable bonds is 8. The topological polar surface area (TPSA) is 75.6 Å². The van der Waals surface area contributed by atoms with E-state index < -0.39 is 30.8 Å². The summed E-state index contributed by atoms with van der Waals surface area (Å²) >= 11 is 0. The smallest absolute Gasteiger partial charge is 0.326 e. The summed E-state index contributed by atoms with van der Waals surface area (Å²) in [5.74, 6) is -1.44. The van der Waals surface area contributed by atoms with Gasteiger partial charge in [0.15, 0.2) is 0 Å². The van der Waals surface area contributed by atoms with Crippen LogP contribution in [-0.4, -0.2) is 36.1 Å². The molecule has 1 aromatic carbocycles. The van der Waals surface area contributed by atoms with Crippen molar-refractivity contribution in [3.05, 3.63) is 29.8 Å². The van der Waals surface area contributed by atoms with Crippen molar-refractivity contribution < 1.29 is 28.2 Å². The zero-order valence-corrected chi connectivity index (χ0v) is 11.5. The monoisotopic (exact) mass is 301 g/mol. The molecule has 1 rings (SSSR count). The van der Waals surface area contributed by atoms with Gasteiger partial charge in [-0.2, -0.15) is 0 Å². The second-order valence-corrected chi connectivity index (χ2v) is 4.34. The fourth-order valence-corrected chi connectivity index (χ4v) is 1.70. The van der Waals surface area contributed by atoms with Crippen LogP contribution in [0.5, 0.6) is 5.75 Å². The van der Waals surface area contributed by atoms with Gasteiger partial charge in [0.05, 0.1) is 13.0 Å². The third-order valence-corrected chi connectivity index (χ3v) is 2.65. The Labute approximate surface area is 120 Å². The number of benzene rings is 1. The van der Waals surface area contributed by atoms with E-state index in [0.717, 1.165) is 0 Å². The van der Waals surface area contributed by atoms with Crippen LogP contribution in [0.2, 0.25) is 0 Å². The van der Waals surface area contributed by atoms with E-state index in [9.17, 15) is 18.4 Å². The summed E-state index contributed by atoms with van der Waals surface area (Å²) in [5.41, 5.74) is 0.636. The van der Waals surface area contributed by atoms with E-state index in [1.807, 2.05) is 6.92 Å². The van der Waals surface area contributed by atoms with Crippen molar-refractivity contribution in [1.29, 1.82) is 0 Å². The number of carboxylic acids is 1. The average molecular weight is 301 g/mol. The second-order valence-electron chi connectivity index (χ2n) is 4.34. The van der Waals surface area contributed by atoms with Crippen LogP contribution in [0.1, 0.15) is 18.9 Å². The zero-order valence-electron chi connectivity index (χ0n) is 11.5. The molecule has 0 aliphatic carbocycles. The van der Waals surface area contributed by atoms with E-state index in [4.69, 9.17) is 9.84 Å². The van der Waals surface area contributed by atoms with E-state index >= 15 is 0 Å². The first kappa shape index (κ1) is 16.9. The van der Waals surface area contributed by atoms with Gasteiger partial charge in [-0.3, -0.25) is 4.79 Å². The van der Waals surface area contributed by atoms with Crippen LogP contribution in [-0.2, 0) is 16.0 Å². The third-order valence-electron chi connectivity index (χ3n) is 2.65. The van der Waals surface area contributed by atoms with Crippen LogP contribution in [0, 0.1) is 0 Å². The van der Waals surface area contributed by atoms with Gasteiger partial charge in [0.2, 0.25) is 12.3 Å². The molecule has 116 valence electrons. The molecule has 0 aliphatic heterocycles. The number of carboxylic acid groups (broad SMARTS) is 1. The molecule has 0 bridgehead atoms. The van der Waals surface area contributed by atoms with Gasteiger partial charge in [0, 0.05) is 6.42 Å². The minimum atomic E-state index is -2.79. The third kappa shape index (κ3) is 6.20. The van der Waals surface area contributed by atoms with Gasteiger partial charge in [-0.1, -0.05) is 12.1 Å². The van der Waals surface area contributed by atoms with E-state index in [0.29, 0.717) is 17.9 Å². The highest BCUT2D eigenvalue weighted by Crippen LogP contribution is 2.12. The number of nitrogens with one attached hydrogen (secondary N) is 1. The largest absolute Gasteiger partial charge is 0.494 e. The van der Waals surface area contributed by atoms with Crippen molar-refractivity contribution in [2.24, 2.45) is 0 Å². The number of halogens is 2. The fourth-order valence-electron chi connectivity index (χ4n) is 1.70. The number of hydrogen-bond donors (Lipinski definition) is 2. The minimum Gasteiger partial charge on any atom is -0.494 e. The molecular formula is C14H17F2NO4. The molecule has 1 atom stereocenters. The molecule has 0 saturated carbocycles. The quantitative estimate of drug-likeness (QED) is 0.768. The van der Waals surface area contributed by atoms with Crippen molar-refractivity contribution >= 4 is 11.9 Å². The van der Waals surface area contributed by atoms with Gasteiger partial charge in [-0.05, 0) is 24.6 Å². The first-order valence-electron chi connectivity index (χ1n) is 6.44. The lowest BCUT2D eigenvalue weighted by Crippen LogP contribution is -2.42. The summed E-state index contributed by atoms with van der Waals surface area (Å²) in [6.07, 6.45) is -3.79. The molecule has 2 N–H and O–H groups in total. The van der Waals surface area contributed by atoms with Gasteiger partial charge in [0.25, 0.3) is 0 Å². The average Bonchev–Trinajstić information content (AvgIpc) is 2.40.